The van der Waals surface area contributed by atoms with Crippen molar-refractivity contribution in [3.05, 3.63) is 65.7 Å². The van der Waals surface area contributed by atoms with Crippen LogP contribution >= 0.6 is 0 Å². The maximum Gasteiger partial charge on any atom is 0.365 e. The molecule has 0 saturated heterocycles. The van der Waals surface area contributed by atoms with Crippen molar-refractivity contribution in [2.45, 2.75) is 123 Å². The molecule has 0 spiro atoms. The van der Waals surface area contributed by atoms with E-state index >= 15 is 0 Å². The van der Waals surface area contributed by atoms with Gasteiger partial charge in [-0.3, -0.25) is 0 Å². The molecule has 0 aliphatic heterocycles. The number of aryl methyl sites for hydroxylation is 1. The van der Waals surface area contributed by atoms with Crippen molar-refractivity contribution >= 4 is 5.97 Å². The van der Waals surface area contributed by atoms with Crippen LogP contribution in [0.1, 0.15) is 109 Å². The van der Waals surface area contributed by atoms with Crippen molar-refractivity contribution in [3.63, 3.8) is 0 Å². The molecule has 2 aromatic rings. The van der Waals surface area contributed by atoms with Gasteiger partial charge in [0.2, 0.25) is 0 Å². The highest BCUT2D eigenvalue weighted by Gasteiger charge is 2.35. The lowest BCUT2D eigenvalue weighted by Crippen LogP contribution is -2.52. The van der Waals surface area contributed by atoms with Gasteiger partial charge in [-0.15, -0.1) is 0 Å². The van der Waals surface area contributed by atoms with Crippen LogP contribution in [0.25, 0.3) is 0 Å². The summed E-state index contributed by atoms with van der Waals surface area (Å²) < 4.78 is 12.8. The molecule has 2 atom stereocenters. The van der Waals surface area contributed by atoms with Gasteiger partial charge in [0.1, 0.15) is 25.0 Å². The van der Waals surface area contributed by atoms with Crippen LogP contribution in [0.15, 0.2) is 54.6 Å². The molecule has 2 unspecified atom stereocenters. The number of benzene rings is 2. The zero-order valence-corrected chi connectivity index (χ0v) is 25.6. The summed E-state index contributed by atoms with van der Waals surface area (Å²) in [7, 11) is 4.22. The highest BCUT2D eigenvalue weighted by atomic mass is 16.6. The Labute approximate surface area is 239 Å². The van der Waals surface area contributed by atoms with Crippen molar-refractivity contribution in [1.29, 1.82) is 0 Å². The van der Waals surface area contributed by atoms with Crippen molar-refractivity contribution in [3.8, 4) is 5.75 Å². The molecule has 2 rings (SSSR count). The monoisotopic (exact) mass is 538 g/mol. The van der Waals surface area contributed by atoms with E-state index in [2.05, 4.69) is 65.2 Å². The van der Waals surface area contributed by atoms with Crippen molar-refractivity contribution in [2.75, 3.05) is 20.7 Å². The number of para-hydroxylation sites is 1. The molecule has 0 amide bonds. The minimum atomic E-state index is -0.216. The van der Waals surface area contributed by atoms with Gasteiger partial charge in [0.05, 0.1) is 14.1 Å². The van der Waals surface area contributed by atoms with Crippen LogP contribution in [-0.2, 0) is 22.5 Å². The molecule has 218 valence electrons. The summed E-state index contributed by atoms with van der Waals surface area (Å²) in [5.41, 5.74) is 2.48. The second-order valence-electron chi connectivity index (χ2n) is 11.7. The zero-order valence-electron chi connectivity index (χ0n) is 25.6. The topological polar surface area (TPSA) is 35.5 Å². The van der Waals surface area contributed by atoms with Gasteiger partial charge in [-0.05, 0) is 30.9 Å². The summed E-state index contributed by atoms with van der Waals surface area (Å²) in [6, 6.07) is 18.5. The molecule has 0 bridgehead atoms. The molecule has 0 fully saturated rings. The average Bonchev–Trinajstić information content (AvgIpc) is 2.93. The summed E-state index contributed by atoms with van der Waals surface area (Å²) in [5.74, 6) is 0.794. The van der Waals surface area contributed by atoms with Crippen molar-refractivity contribution in [1.82, 2.24) is 0 Å². The van der Waals surface area contributed by atoms with E-state index in [1.165, 1.54) is 75.3 Å². The fourth-order valence-electron chi connectivity index (χ4n) is 5.42. The van der Waals surface area contributed by atoms with Gasteiger partial charge in [0, 0.05) is 12.0 Å². The van der Waals surface area contributed by atoms with Gasteiger partial charge in [-0.2, -0.15) is 0 Å². The minimum absolute atomic E-state index is 0.140. The van der Waals surface area contributed by atoms with E-state index in [-0.39, 0.29) is 24.7 Å². The molecule has 0 aliphatic carbocycles. The second kappa shape index (κ2) is 18.9. The standard InChI is InChI=1S/C35H56NO3/c1-6-9-10-11-12-13-14-15-16-20-25-31-26-21-22-27-34(31)39-32(7-2)29-38-35(37)33(8-3)36(4,5)28-30-23-18-17-19-24-30/h17-19,21-24,26-27,32-33H,6-16,20,25,28-29H2,1-5H3/q+1. The predicted molar refractivity (Wildman–Crippen MR) is 164 cm³/mol. The lowest BCUT2D eigenvalue weighted by Gasteiger charge is -2.36. The fraction of sp³-hybridized carbons (Fsp3) is 0.629. The number of quaternary nitrogens is 1. The third-order valence-corrected chi connectivity index (χ3v) is 7.87. The predicted octanol–water partition coefficient (Wildman–Crippen LogP) is 8.91. The number of rotatable bonds is 21. The Morgan fingerprint density at radius 2 is 1.33 bits per heavy atom. The van der Waals surface area contributed by atoms with Crippen molar-refractivity contribution < 1.29 is 18.8 Å². The molecular formula is C35H56NO3+. The van der Waals surface area contributed by atoms with Crippen LogP contribution in [0.4, 0.5) is 0 Å². The molecule has 4 heteroatoms. The number of unbranched alkanes of at least 4 members (excludes halogenated alkanes) is 9. The first-order valence-corrected chi connectivity index (χ1v) is 15.7. The highest BCUT2D eigenvalue weighted by Crippen LogP contribution is 2.24. The highest BCUT2D eigenvalue weighted by molar-refractivity contribution is 5.74. The normalized spacial score (nSPS) is 13.2. The Kier molecular flexibility index (Phi) is 15.9. The Morgan fingerprint density at radius 3 is 1.95 bits per heavy atom. The molecule has 0 aliphatic rings. The van der Waals surface area contributed by atoms with Gasteiger partial charge in [-0.1, -0.05) is 127 Å². The maximum atomic E-state index is 13.2. The summed E-state index contributed by atoms with van der Waals surface area (Å²) in [6.07, 6.45) is 15.8. The smallest absolute Gasteiger partial charge is 0.365 e. The lowest BCUT2D eigenvalue weighted by atomic mass is 10.0. The molecule has 0 radical (unpaired) electrons. The minimum Gasteiger partial charge on any atom is -0.487 e. The Bertz CT molecular complexity index is 911. The first-order chi connectivity index (χ1) is 18.9. The molecule has 39 heavy (non-hydrogen) atoms. The number of carbonyl (C=O) groups excluding carboxylic acids is 1. The van der Waals surface area contributed by atoms with Crippen molar-refractivity contribution in [2.24, 2.45) is 0 Å². The second-order valence-corrected chi connectivity index (χ2v) is 11.7. The van der Waals surface area contributed by atoms with E-state index < -0.39 is 0 Å². The third kappa shape index (κ3) is 12.6. The fourth-order valence-corrected chi connectivity index (χ4v) is 5.42. The molecule has 0 saturated carbocycles. The van der Waals surface area contributed by atoms with Gasteiger partial charge in [0.15, 0.2) is 6.04 Å². The third-order valence-electron chi connectivity index (χ3n) is 7.87. The largest absolute Gasteiger partial charge is 0.487 e. The van der Waals surface area contributed by atoms with E-state index in [4.69, 9.17) is 9.47 Å². The van der Waals surface area contributed by atoms with Crippen LogP contribution < -0.4 is 4.74 Å². The molecular weight excluding hydrogens is 482 g/mol. The number of hydrogen-bond acceptors (Lipinski definition) is 3. The van der Waals surface area contributed by atoms with Crippen LogP contribution in [0.2, 0.25) is 0 Å². The van der Waals surface area contributed by atoms with Crippen LogP contribution in [-0.4, -0.2) is 43.3 Å². The molecule has 2 aromatic carbocycles. The van der Waals surface area contributed by atoms with Gasteiger partial charge >= 0.3 is 5.97 Å². The molecule has 0 N–H and O–H groups in total. The van der Waals surface area contributed by atoms with Gasteiger partial charge in [-0.25, -0.2) is 4.79 Å². The number of likely N-dealkylation sites (N-methyl/N-ethyl adjacent to an activating group) is 1. The first kappa shape index (κ1) is 32.9. The zero-order chi connectivity index (χ0) is 28.3. The Morgan fingerprint density at radius 1 is 0.744 bits per heavy atom. The van der Waals surface area contributed by atoms with Gasteiger partial charge in [0.25, 0.3) is 0 Å². The van der Waals surface area contributed by atoms with E-state index in [0.717, 1.165) is 31.6 Å². The summed E-state index contributed by atoms with van der Waals surface area (Å²) in [5, 5.41) is 0. The van der Waals surface area contributed by atoms with E-state index in [9.17, 15) is 4.79 Å². The quantitative estimate of drug-likeness (QED) is 0.0904. The SMILES string of the molecule is CCCCCCCCCCCCc1ccccc1OC(CC)COC(=O)C(CC)[N+](C)(C)Cc1ccccc1. The number of carbonyl (C=O) groups is 1. The number of ether oxygens (including phenoxy) is 2. The van der Waals surface area contributed by atoms with Gasteiger partial charge < -0.3 is 14.0 Å². The van der Waals surface area contributed by atoms with Crippen LogP contribution in [0, 0.1) is 0 Å². The van der Waals surface area contributed by atoms with E-state index in [0.29, 0.717) is 4.48 Å². The Balaban J connectivity index is 1.80. The summed E-state index contributed by atoms with van der Waals surface area (Å²) in [6.45, 7) is 7.50. The average molecular weight is 539 g/mol. The number of nitrogens with zero attached hydrogens (tertiary/aromatic N) is 1. The summed E-state index contributed by atoms with van der Waals surface area (Å²) >= 11 is 0. The van der Waals surface area contributed by atoms with E-state index in [1.807, 2.05) is 24.3 Å². The molecule has 4 nitrogen and oxygen atoms in total. The Hall–Kier alpha value is -2.33. The first-order valence-electron chi connectivity index (χ1n) is 15.7. The molecule has 0 heterocycles. The number of esters is 1. The van der Waals surface area contributed by atoms with Crippen LogP contribution in [0.3, 0.4) is 0 Å². The number of hydrogen-bond donors (Lipinski definition) is 0. The summed E-state index contributed by atoms with van der Waals surface area (Å²) in [4.78, 5) is 13.2. The molecule has 0 aromatic heterocycles. The van der Waals surface area contributed by atoms with E-state index in [1.54, 1.807) is 0 Å². The maximum absolute atomic E-state index is 13.2. The lowest BCUT2D eigenvalue weighted by molar-refractivity contribution is -0.919. The van der Waals surface area contributed by atoms with Crippen LogP contribution in [0.5, 0.6) is 5.75 Å².